The van der Waals surface area contributed by atoms with Gasteiger partial charge < -0.3 is 11.1 Å². The molecule has 1 aromatic rings. The van der Waals surface area contributed by atoms with Gasteiger partial charge in [0.15, 0.2) is 0 Å². The van der Waals surface area contributed by atoms with Crippen LogP contribution in [0.2, 0.25) is 0 Å². The maximum absolute atomic E-state index is 6.04. The minimum atomic E-state index is 0.689. The third-order valence-electron chi connectivity index (χ3n) is 2.86. The van der Waals surface area contributed by atoms with Crippen LogP contribution < -0.4 is 11.1 Å². The summed E-state index contributed by atoms with van der Waals surface area (Å²) in [6.45, 7) is 5.88. The maximum atomic E-state index is 6.04. The first-order valence-electron chi connectivity index (χ1n) is 5.98. The largest absolute Gasteiger partial charge is 0.394 e. The van der Waals surface area contributed by atoms with Crippen molar-refractivity contribution in [2.75, 3.05) is 34.9 Å². The molecule has 1 aromatic heterocycles. The Kier molecular flexibility index (Phi) is 4.50. The van der Waals surface area contributed by atoms with Crippen LogP contribution in [0.3, 0.4) is 0 Å². The average Bonchev–Trinajstić information content (AvgIpc) is 2.64. The second kappa shape index (κ2) is 5.91. The quantitative estimate of drug-likeness (QED) is 0.878. The number of thioether (sulfide) groups is 2. The van der Waals surface area contributed by atoms with E-state index in [1.165, 1.54) is 17.3 Å². The molecular weight excluding hydrogens is 252 g/mol. The van der Waals surface area contributed by atoms with Gasteiger partial charge in [0.05, 0.1) is 11.4 Å². The second-order valence-corrected chi connectivity index (χ2v) is 6.67. The molecule has 1 unspecified atom stereocenters. The van der Waals surface area contributed by atoms with Crippen molar-refractivity contribution in [3.63, 3.8) is 0 Å². The van der Waals surface area contributed by atoms with Crippen LogP contribution in [-0.4, -0.2) is 38.8 Å². The number of nitrogens with zero attached hydrogens (tertiary/aromatic N) is 2. The number of hydrogen-bond acceptors (Lipinski definition) is 5. The summed E-state index contributed by atoms with van der Waals surface area (Å²) >= 11 is 4.10. The number of nitrogen functional groups attached to an aromatic ring is 1. The molecule has 0 radical (unpaired) electrons. The molecule has 0 amide bonds. The molecule has 0 saturated carbocycles. The minimum Gasteiger partial charge on any atom is -0.394 e. The van der Waals surface area contributed by atoms with Crippen LogP contribution in [0.4, 0.5) is 11.5 Å². The summed E-state index contributed by atoms with van der Waals surface area (Å²) in [6.07, 6.45) is 0. The van der Waals surface area contributed by atoms with Crippen molar-refractivity contribution < 1.29 is 0 Å². The third kappa shape index (κ3) is 3.04. The Morgan fingerprint density at radius 1 is 1.53 bits per heavy atom. The van der Waals surface area contributed by atoms with Crippen molar-refractivity contribution in [2.24, 2.45) is 0 Å². The molecule has 0 aliphatic carbocycles. The van der Waals surface area contributed by atoms with E-state index in [-0.39, 0.29) is 0 Å². The number of rotatable bonds is 4. The first-order valence-corrected chi connectivity index (χ1v) is 8.18. The van der Waals surface area contributed by atoms with E-state index in [1.54, 1.807) is 0 Å². The first kappa shape index (κ1) is 13.0. The Bertz CT molecular complexity index is 372. The number of aromatic nitrogens is 2. The Labute approximate surface area is 111 Å². The highest BCUT2D eigenvalue weighted by Crippen LogP contribution is 2.26. The predicted octanol–water partition coefficient (Wildman–Crippen LogP) is 2.05. The highest BCUT2D eigenvalue weighted by molar-refractivity contribution is 8.06. The first-order chi connectivity index (χ1) is 8.22. The van der Waals surface area contributed by atoms with Gasteiger partial charge in [0.1, 0.15) is 5.82 Å². The van der Waals surface area contributed by atoms with Gasteiger partial charge in [-0.05, 0) is 13.8 Å². The monoisotopic (exact) mass is 272 g/mol. The molecule has 3 N–H and O–H groups in total. The maximum Gasteiger partial charge on any atom is 0.148 e. The van der Waals surface area contributed by atoms with Gasteiger partial charge in [0, 0.05) is 35.6 Å². The number of anilines is 2. The van der Waals surface area contributed by atoms with Crippen molar-refractivity contribution in [1.29, 1.82) is 0 Å². The lowest BCUT2D eigenvalue weighted by molar-refractivity contribution is 0.657. The van der Waals surface area contributed by atoms with Crippen molar-refractivity contribution >= 4 is 35.0 Å². The summed E-state index contributed by atoms with van der Waals surface area (Å²) in [7, 11) is 0. The molecule has 96 valence electrons. The van der Waals surface area contributed by atoms with Gasteiger partial charge in [0.2, 0.25) is 0 Å². The van der Waals surface area contributed by atoms with Gasteiger partial charge >= 0.3 is 0 Å². The fourth-order valence-electron chi connectivity index (χ4n) is 1.88. The van der Waals surface area contributed by atoms with Crippen molar-refractivity contribution in [1.82, 2.24) is 9.78 Å². The van der Waals surface area contributed by atoms with Gasteiger partial charge in [-0.2, -0.15) is 28.6 Å². The van der Waals surface area contributed by atoms with Crippen molar-refractivity contribution in [3.05, 3.63) is 5.69 Å². The molecule has 6 heteroatoms. The lowest BCUT2D eigenvalue weighted by Gasteiger charge is -2.22. The predicted molar refractivity (Wildman–Crippen MR) is 79.1 cm³/mol. The summed E-state index contributed by atoms with van der Waals surface area (Å²) in [4.78, 5) is 0. The molecule has 0 spiro atoms. The lowest BCUT2D eigenvalue weighted by Crippen LogP contribution is -2.24. The summed E-state index contributed by atoms with van der Waals surface area (Å²) < 4.78 is 1.95. The SMILES string of the molecule is CCn1nc(C)c(N)c1NCC1CSCCS1. The van der Waals surface area contributed by atoms with Crippen LogP contribution in [0.15, 0.2) is 0 Å². The van der Waals surface area contributed by atoms with Gasteiger partial charge in [-0.15, -0.1) is 0 Å². The molecule has 0 bridgehead atoms. The smallest absolute Gasteiger partial charge is 0.148 e. The Morgan fingerprint density at radius 2 is 2.35 bits per heavy atom. The molecule has 1 saturated heterocycles. The molecular formula is C11H20N4S2. The Morgan fingerprint density at radius 3 is 3.00 bits per heavy atom. The summed E-state index contributed by atoms with van der Waals surface area (Å²) in [5.41, 5.74) is 7.75. The molecule has 4 nitrogen and oxygen atoms in total. The van der Waals surface area contributed by atoms with Crippen LogP contribution in [0, 0.1) is 6.92 Å². The fourth-order valence-corrected chi connectivity index (χ4v) is 4.49. The normalized spacial score (nSPS) is 20.5. The van der Waals surface area contributed by atoms with Gasteiger partial charge in [-0.25, -0.2) is 4.68 Å². The van der Waals surface area contributed by atoms with Crippen LogP contribution in [0.5, 0.6) is 0 Å². The van der Waals surface area contributed by atoms with Crippen molar-refractivity contribution in [2.45, 2.75) is 25.6 Å². The molecule has 1 atom stereocenters. The topological polar surface area (TPSA) is 55.9 Å². The zero-order valence-electron chi connectivity index (χ0n) is 10.4. The van der Waals surface area contributed by atoms with Crippen LogP contribution in [-0.2, 0) is 6.54 Å². The third-order valence-corrected chi connectivity index (χ3v) is 5.70. The molecule has 1 fully saturated rings. The van der Waals surface area contributed by atoms with Crippen LogP contribution >= 0.6 is 23.5 Å². The van der Waals surface area contributed by atoms with Gasteiger partial charge in [0.25, 0.3) is 0 Å². The number of nitrogens with two attached hydrogens (primary N) is 1. The van der Waals surface area contributed by atoms with E-state index in [4.69, 9.17) is 5.73 Å². The zero-order chi connectivity index (χ0) is 12.3. The summed E-state index contributed by atoms with van der Waals surface area (Å²) in [5.74, 6) is 4.77. The summed E-state index contributed by atoms with van der Waals surface area (Å²) in [6, 6.07) is 0. The van der Waals surface area contributed by atoms with Gasteiger partial charge in [-0.1, -0.05) is 0 Å². The standard InChI is InChI=1S/C11H20N4S2/c1-3-15-11(10(12)8(2)14-15)13-6-9-7-16-4-5-17-9/h9,13H,3-7,12H2,1-2H3. The fraction of sp³-hybridized carbons (Fsp3) is 0.727. The molecule has 1 aliphatic rings. The minimum absolute atomic E-state index is 0.689. The van der Waals surface area contributed by atoms with E-state index in [9.17, 15) is 0 Å². The highest BCUT2D eigenvalue weighted by atomic mass is 32.2. The number of nitrogens with one attached hydrogen (secondary N) is 1. The van der Waals surface area contributed by atoms with E-state index >= 15 is 0 Å². The molecule has 17 heavy (non-hydrogen) atoms. The van der Waals surface area contributed by atoms with Crippen molar-refractivity contribution in [3.8, 4) is 0 Å². The molecule has 2 rings (SSSR count). The summed E-state index contributed by atoms with van der Waals surface area (Å²) in [5, 5.41) is 8.56. The van der Waals surface area contributed by atoms with Crippen LogP contribution in [0.25, 0.3) is 0 Å². The zero-order valence-corrected chi connectivity index (χ0v) is 12.0. The molecule has 1 aliphatic heterocycles. The van der Waals surface area contributed by atoms with E-state index in [0.717, 1.165) is 30.3 Å². The van der Waals surface area contributed by atoms with E-state index in [2.05, 4.69) is 29.1 Å². The highest BCUT2D eigenvalue weighted by Gasteiger charge is 2.16. The lowest BCUT2D eigenvalue weighted by atomic mass is 10.3. The van der Waals surface area contributed by atoms with E-state index in [0.29, 0.717) is 5.25 Å². The second-order valence-electron chi connectivity index (χ2n) is 4.11. The van der Waals surface area contributed by atoms with Gasteiger partial charge in [-0.3, -0.25) is 0 Å². The average molecular weight is 272 g/mol. The Balaban J connectivity index is 1.97. The number of aryl methyl sites for hydroxylation is 2. The molecule has 0 aromatic carbocycles. The molecule has 2 heterocycles. The number of hydrogen-bond donors (Lipinski definition) is 2. The van der Waals surface area contributed by atoms with E-state index in [1.807, 2.05) is 23.4 Å². The Hall–Kier alpha value is -0.490. The van der Waals surface area contributed by atoms with E-state index < -0.39 is 0 Å². The van der Waals surface area contributed by atoms with Crippen LogP contribution in [0.1, 0.15) is 12.6 Å².